The summed E-state index contributed by atoms with van der Waals surface area (Å²) < 4.78 is 16.1. The second-order valence-corrected chi connectivity index (χ2v) is 7.04. The summed E-state index contributed by atoms with van der Waals surface area (Å²) >= 11 is 0. The molecule has 152 valence electrons. The zero-order valence-electron chi connectivity index (χ0n) is 16.5. The number of hydrogen-bond donors (Lipinski definition) is 1. The van der Waals surface area contributed by atoms with Crippen molar-refractivity contribution in [1.82, 2.24) is 15.4 Å². The molecule has 0 spiro atoms. The minimum absolute atomic E-state index is 0.0720. The van der Waals surface area contributed by atoms with Crippen molar-refractivity contribution in [2.75, 3.05) is 40.0 Å². The molecule has 3 aromatic rings. The summed E-state index contributed by atoms with van der Waals surface area (Å²) in [5, 5.41) is 8.01. The number of fused-ring (bicyclic) bond motifs is 1. The summed E-state index contributed by atoms with van der Waals surface area (Å²) in [6, 6.07) is 15.6. The number of para-hydroxylation sites is 1. The Hall–Kier alpha value is -2.90. The topological polar surface area (TPSA) is 76.8 Å². The molecule has 7 heteroatoms. The van der Waals surface area contributed by atoms with Crippen LogP contribution in [0.15, 0.2) is 53.1 Å². The Bertz CT molecular complexity index is 948. The van der Waals surface area contributed by atoms with E-state index in [0.29, 0.717) is 31.0 Å². The van der Waals surface area contributed by atoms with Crippen molar-refractivity contribution < 1.29 is 18.8 Å². The van der Waals surface area contributed by atoms with E-state index in [1.54, 1.807) is 7.11 Å². The van der Waals surface area contributed by atoms with Crippen LogP contribution in [0.25, 0.3) is 11.0 Å². The summed E-state index contributed by atoms with van der Waals surface area (Å²) in [4.78, 5) is 15.0. The maximum atomic E-state index is 12.6. The summed E-state index contributed by atoms with van der Waals surface area (Å²) in [7, 11) is 1.66. The third-order valence-corrected chi connectivity index (χ3v) is 5.26. The number of benzene rings is 2. The van der Waals surface area contributed by atoms with Gasteiger partial charge in [-0.1, -0.05) is 29.4 Å². The average molecular weight is 395 g/mol. The Morgan fingerprint density at radius 3 is 2.69 bits per heavy atom. The highest BCUT2D eigenvalue weighted by Crippen LogP contribution is 2.24. The number of rotatable bonds is 7. The number of carbonyl (C=O) groups excluding carboxylic acids is 1. The molecule has 2 aromatic carbocycles. The first kappa shape index (κ1) is 19.4. The normalized spacial score (nSPS) is 15.9. The average Bonchev–Trinajstić information content (AvgIpc) is 3.18. The molecule has 2 heterocycles. The molecule has 1 amide bonds. The maximum absolute atomic E-state index is 12.6. The Balaban J connectivity index is 1.44. The third-order valence-electron chi connectivity index (χ3n) is 5.26. The van der Waals surface area contributed by atoms with Crippen LogP contribution >= 0.6 is 0 Å². The van der Waals surface area contributed by atoms with Crippen molar-refractivity contribution in [1.29, 1.82) is 0 Å². The van der Waals surface area contributed by atoms with Crippen molar-refractivity contribution in [2.45, 2.75) is 12.5 Å². The smallest absolute Gasteiger partial charge is 0.226 e. The highest BCUT2D eigenvalue weighted by molar-refractivity contribution is 5.86. The maximum Gasteiger partial charge on any atom is 0.226 e. The van der Waals surface area contributed by atoms with E-state index in [1.807, 2.05) is 36.4 Å². The van der Waals surface area contributed by atoms with Gasteiger partial charge in [-0.15, -0.1) is 0 Å². The highest BCUT2D eigenvalue weighted by Gasteiger charge is 2.23. The van der Waals surface area contributed by atoms with Crippen molar-refractivity contribution in [2.24, 2.45) is 0 Å². The van der Waals surface area contributed by atoms with Crippen molar-refractivity contribution in [3.63, 3.8) is 0 Å². The monoisotopic (exact) mass is 395 g/mol. The minimum Gasteiger partial charge on any atom is -0.497 e. The van der Waals surface area contributed by atoms with Crippen LogP contribution in [-0.4, -0.2) is 55.9 Å². The molecule has 29 heavy (non-hydrogen) atoms. The fourth-order valence-corrected chi connectivity index (χ4v) is 3.66. The fourth-order valence-electron chi connectivity index (χ4n) is 3.66. The number of morpholine rings is 1. The number of carbonyl (C=O) groups is 1. The van der Waals surface area contributed by atoms with Crippen molar-refractivity contribution >= 4 is 16.9 Å². The molecule has 1 aromatic heterocycles. The number of amides is 1. The number of nitrogens with one attached hydrogen (secondary N) is 1. The second-order valence-electron chi connectivity index (χ2n) is 7.04. The lowest BCUT2D eigenvalue weighted by atomic mass is 10.0. The van der Waals surface area contributed by atoms with Gasteiger partial charge >= 0.3 is 0 Å². The van der Waals surface area contributed by atoms with Gasteiger partial charge in [0, 0.05) is 25.0 Å². The first-order chi connectivity index (χ1) is 14.2. The van der Waals surface area contributed by atoms with Gasteiger partial charge in [-0.25, -0.2) is 0 Å². The molecule has 1 aliphatic rings. The van der Waals surface area contributed by atoms with Crippen LogP contribution in [0, 0.1) is 0 Å². The van der Waals surface area contributed by atoms with Crippen LogP contribution < -0.4 is 10.1 Å². The molecule has 4 rings (SSSR count). The Labute approximate surface area is 169 Å². The van der Waals surface area contributed by atoms with Gasteiger partial charge in [0.2, 0.25) is 5.91 Å². The van der Waals surface area contributed by atoms with Crippen molar-refractivity contribution in [3.05, 3.63) is 59.8 Å². The molecule has 1 unspecified atom stereocenters. The lowest BCUT2D eigenvalue weighted by molar-refractivity contribution is -0.120. The first-order valence-electron chi connectivity index (χ1n) is 9.80. The molecule has 1 fully saturated rings. The number of ether oxygens (including phenoxy) is 2. The van der Waals surface area contributed by atoms with Gasteiger partial charge in [0.25, 0.3) is 0 Å². The number of hydrogen-bond acceptors (Lipinski definition) is 6. The van der Waals surface area contributed by atoms with Crippen LogP contribution in [0.1, 0.15) is 17.3 Å². The molecule has 1 aliphatic heterocycles. The van der Waals surface area contributed by atoms with E-state index in [2.05, 4.69) is 27.5 Å². The van der Waals surface area contributed by atoms with E-state index >= 15 is 0 Å². The number of aromatic nitrogens is 1. The molecule has 1 atom stereocenters. The van der Waals surface area contributed by atoms with Gasteiger partial charge in [-0.05, 0) is 29.8 Å². The lowest BCUT2D eigenvalue weighted by Gasteiger charge is -2.35. The molecule has 0 aliphatic carbocycles. The van der Waals surface area contributed by atoms with Crippen molar-refractivity contribution in [3.8, 4) is 5.75 Å². The van der Waals surface area contributed by atoms with Crippen LogP contribution in [0.4, 0.5) is 0 Å². The van der Waals surface area contributed by atoms with Gasteiger partial charge in [0.05, 0.1) is 32.8 Å². The zero-order valence-corrected chi connectivity index (χ0v) is 16.5. The lowest BCUT2D eigenvalue weighted by Crippen LogP contribution is -2.44. The quantitative estimate of drug-likeness (QED) is 0.663. The largest absolute Gasteiger partial charge is 0.497 e. The summed E-state index contributed by atoms with van der Waals surface area (Å²) in [5.74, 6) is 0.743. The molecule has 1 N–H and O–H groups in total. The van der Waals surface area contributed by atoms with E-state index in [1.165, 1.54) is 0 Å². The third kappa shape index (κ3) is 4.58. The van der Waals surface area contributed by atoms with Crippen LogP contribution in [0.2, 0.25) is 0 Å². The van der Waals surface area contributed by atoms with Gasteiger partial charge in [-0.2, -0.15) is 0 Å². The van der Waals surface area contributed by atoms with E-state index in [4.69, 9.17) is 14.0 Å². The predicted octanol–water partition coefficient (Wildman–Crippen LogP) is 2.57. The van der Waals surface area contributed by atoms with Gasteiger partial charge in [-0.3, -0.25) is 9.69 Å². The summed E-state index contributed by atoms with van der Waals surface area (Å²) in [5.41, 5.74) is 2.49. The Morgan fingerprint density at radius 1 is 1.17 bits per heavy atom. The van der Waals surface area contributed by atoms with E-state index in [-0.39, 0.29) is 18.4 Å². The van der Waals surface area contributed by atoms with E-state index in [0.717, 1.165) is 29.8 Å². The zero-order chi connectivity index (χ0) is 20.1. The highest BCUT2D eigenvalue weighted by atomic mass is 16.5. The molecule has 0 radical (unpaired) electrons. The van der Waals surface area contributed by atoms with Gasteiger partial charge in [0.1, 0.15) is 11.4 Å². The van der Waals surface area contributed by atoms with Crippen LogP contribution in [0.3, 0.4) is 0 Å². The first-order valence-corrected chi connectivity index (χ1v) is 9.80. The second kappa shape index (κ2) is 9.07. The molecular weight excluding hydrogens is 370 g/mol. The fraction of sp³-hybridized carbons (Fsp3) is 0.364. The van der Waals surface area contributed by atoms with E-state index in [9.17, 15) is 4.79 Å². The molecule has 1 saturated heterocycles. The molecule has 7 nitrogen and oxygen atoms in total. The SMILES string of the molecule is COc1ccc(C(CNC(=O)Cc2noc3ccccc23)N2CCOCC2)cc1. The van der Waals surface area contributed by atoms with Gasteiger partial charge in [0.15, 0.2) is 5.58 Å². The standard InChI is InChI=1S/C22H25N3O4/c1-27-17-8-6-16(7-9-17)20(25-10-12-28-13-11-25)15-23-22(26)14-19-18-4-2-3-5-21(18)29-24-19/h2-9,20H,10-15H2,1H3,(H,23,26). The van der Waals surface area contributed by atoms with Crippen LogP contribution in [0.5, 0.6) is 5.75 Å². The predicted molar refractivity (Wildman–Crippen MR) is 109 cm³/mol. The molecule has 0 bridgehead atoms. The Morgan fingerprint density at radius 2 is 1.93 bits per heavy atom. The summed E-state index contributed by atoms with van der Waals surface area (Å²) in [6.07, 6.45) is 0.190. The summed E-state index contributed by atoms with van der Waals surface area (Å²) in [6.45, 7) is 3.58. The van der Waals surface area contributed by atoms with Crippen LogP contribution in [-0.2, 0) is 16.0 Å². The molecular formula is C22H25N3O4. The Kier molecular flexibility index (Phi) is 6.07. The van der Waals surface area contributed by atoms with E-state index < -0.39 is 0 Å². The van der Waals surface area contributed by atoms with Gasteiger partial charge < -0.3 is 19.3 Å². The number of methoxy groups -OCH3 is 1. The molecule has 0 saturated carbocycles. The number of nitrogens with zero attached hydrogens (tertiary/aromatic N) is 2. The minimum atomic E-state index is -0.0733.